The Kier molecular flexibility index (Phi) is 3.94. The van der Waals surface area contributed by atoms with Gasteiger partial charge < -0.3 is 14.3 Å². The first-order valence-corrected chi connectivity index (χ1v) is 8.76. The highest BCUT2D eigenvalue weighted by Crippen LogP contribution is 2.33. The second-order valence-corrected chi connectivity index (χ2v) is 7.24. The molecule has 1 amide bonds. The summed E-state index contributed by atoms with van der Waals surface area (Å²) in [6.07, 6.45) is 0.383. The van der Waals surface area contributed by atoms with Crippen LogP contribution >= 0.6 is 0 Å². The van der Waals surface area contributed by atoms with Crippen molar-refractivity contribution in [3.05, 3.63) is 34.8 Å². The standard InChI is InChI=1S/C18H23N5O2/c1-11-4-5-17(20-19-11)22-7-14-9-23(10-15(14)8-22)18(24)6-16-12(2)21-25-13(16)3/h4-5,14-15H,6-10H2,1-3H3. The predicted octanol–water partition coefficient (Wildman–Crippen LogP) is 1.53. The molecule has 2 aliphatic heterocycles. The van der Waals surface area contributed by atoms with Crippen molar-refractivity contribution in [1.82, 2.24) is 20.3 Å². The van der Waals surface area contributed by atoms with Gasteiger partial charge in [0.05, 0.1) is 17.8 Å². The fourth-order valence-electron chi connectivity index (χ4n) is 3.96. The molecule has 0 radical (unpaired) electrons. The Hall–Kier alpha value is -2.44. The molecule has 2 aromatic rings. The van der Waals surface area contributed by atoms with Crippen LogP contribution in [0.3, 0.4) is 0 Å². The average molecular weight is 341 g/mol. The number of hydrogen-bond acceptors (Lipinski definition) is 6. The Labute approximate surface area is 147 Å². The molecule has 2 saturated heterocycles. The smallest absolute Gasteiger partial charge is 0.227 e. The van der Waals surface area contributed by atoms with E-state index < -0.39 is 0 Å². The van der Waals surface area contributed by atoms with Crippen molar-refractivity contribution in [2.45, 2.75) is 27.2 Å². The minimum absolute atomic E-state index is 0.172. The third kappa shape index (κ3) is 2.99. The number of carbonyl (C=O) groups is 1. The van der Waals surface area contributed by atoms with Gasteiger partial charge in [-0.2, -0.15) is 5.10 Å². The van der Waals surface area contributed by atoms with E-state index in [1.54, 1.807) is 0 Å². The van der Waals surface area contributed by atoms with Gasteiger partial charge in [-0.05, 0) is 32.9 Å². The first-order valence-electron chi connectivity index (χ1n) is 8.76. The van der Waals surface area contributed by atoms with E-state index in [9.17, 15) is 4.79 Å². The molecule has 2 atom stereocenters. The Balaban J connectivity index is 1.37. The van der Waals surface area contributed by atoms with Crippen molar-refractivity contribution >= 4 is 11.7 Å². The Bertz CT molecular complexity index is 752. The summed E-state index contributed by atoms with van der Waals surface area (Å²) in [5.41, 5.74) is 2.67. The van der Waals surface area contributed by atoms with E-state index in [-0.39, 0.29) is 5.91 Å². The van der Waals surface area contributed by atoms with E-state index in [1.807, 2.05) is 37.8 Å². The lowest BCUT2D eigenvalue weighted by atomic mass is 10.0. The van der Waals surface area contributed by atoms with Gasteiger partial charge in [0.25, 0.3) is 0 Å². The summed E-state index contributed by atoms with van der Waals surface area (Å²) in [6.45, 7) is 9.22. The lowest BCUT2D eigenvalue weighted by molar-refractivity contribution is -0.129. The summed E-state index contributed by atoms with van der Waals surface area (Å²) in [7, 11) is 0. The maximum absolute atomic E-state index is 12.7. The third-order valence-electron chi connectivity index (χ3n) is 5.46. The molecule has 25 heavy (non-hydrogen) atoms. The van der Waals surface area contributed by atoms with Crippen LogP contribution in [-0.2, 0) is 11.2 Å². The van der Waals surface area contributed by atoms with Crippen molar-refractivity contribution in [2.75, 3.05) is 31.1 Å². The topological polar surface area (TPSA) is 75.4 Å². The quantitative estimate of drug-likeness (QED) is 0.843. The van der Waals surface area contributed by atoms with Gasteiger partial charge in [-0.1, -0.05) is 5.16 Å². The molecule has 4 rings (SSSR count). The normalized spacial score (nSPS) is 22.5. The summed E-state index contributed by atoms with van der Waals surface area (Å²) in [5, 5.41) is 12.4. The van der Waals surface area contributed by atoms with Gasteiger partial charge in [-0.15, -0.1) is 5.10 Å². The first-order chi connectivity index (χ1) is 12.0. The van der Waals surface area contributed by atoms with E-state index >= 15 is 0 Å². The van der Waals surface area contributed by atoms with Gasteiger partial charge in [-0.25, -0.2) is 0 Å². The minimum atomic E-state index is 0.172. The number of hydrogen-bond donors (Lipinski definition) is 0. The van der Waals surface area contributed by atoms with Crippen molar-refractivity contribution in [1.29, 1.82) is 0 Å². The molecule has 2 aromatic heterocycles. The summed E-state index contributed by atoms with van der Waals surface area (Å²) in [5.74, 6) is 2.88. The van der Waals surface area contributed by atoms with E-state index in [0.29, 0.717) is 18.3 Å². The lowest BCUT2D eigenvalue weighted by Crippen LogP contribution is -2.34. The Morgan fingerprint density at radius 1 is 1.12 bits per heavy atom. The fourth-order valence-corrected chi connectivity index (χ4v) is 3.96. The highest BCUT2D eigenvalue weighted by molar-refractivity contribution is 5.79. The van der Waals surface area contributed by atoms with Crippen molar-refractivity contribution < 1.29 is 9.32 Å². The molecule has 7 nitrogen and oxygen atoms in total. The van der Waals surface area contributed by atoms with Crippen LogP contribution in [0.2, 0.25) is 0 Å². The van der Waals surface area contributed by atoms with Crippen LogP contribution in [0.15, 0.2) is 16.7 Å². The number of fused-ring (bicyclic) bond motifs is 1. The van der Waals surface area contributed by atoms with Crippen molar-refractivity contribution in [3.63, 3.8) is 0 Å². The number of aromatic nitrogens is 3. The molecule has 4 heterocycles. The van der Waals surface area contributed by atoms with Gasteiger partial charge in [0.2, 0.25) is 5.91 Å². The van der Waals surface area contributed by atoms with Gasteiger partial charge in [0.15, 0.2) is 5.82 Å². The van der Waals surface area contributed by atoms with Gasteiger partial charge in [-0.3, -0.25) is 4.79 Å². The van der Waals surface area contributed by atoms with Crippen LogP contribution in [0, 0.1) is 32.6 Å². The molecule has 0 aliphatic carbocycles. The Morgan fingerprint density at radius 2 is 1.84 bits per heavy atom. The lowest BCUT2D eigenvalue weighted by Gasteiger charge is -2.22. The molecule has 0 spiro atoms. The molecule has 0 bridgehead atoms. The number of anilines is 1. The summed E-state index contributed by atoms with van der Waals surface area (Å²) < 4.78 is 5.16. The molecule has 2 unspecified atom stereocenters. The number of amides is 1. The van der Waals surface area contributed by atoms with Crippen molar-refractivity contribution in [3.8, 4) is 0 Å². The second kappa shape index (κ2) is 6.13. The van der Waals surface area contributed by atoms with E-state index in [0.717, 1.165) is 54.7 Å². The third-order valence-corrected chi connectivity index (χ3v) is 5.46. The van der Waals surface area contributed by atoms with Crippen LogP contribution in [0.25, 0.3) is 0 Å². The number of carbonyl (C=O) groups excluding carboxylic acids is 1. The maximum atomic E-state index is 12.7. The van der Waals surface area contributed by atoms with Crippen LogP contribution in [0.4, 0.5) is 5.82 Å². The molecule has 0 saturated carbocycles. The van der Waals surface area contributed by atoms with E-state index in [1.165, 1.54) is 0 Å². The molecule has 0 aromatic carbocycles. The highest BCUT2D eigenvalue weighted by Gasteiger charge is 2.42. The van der Waals surface area contributed by atoms with Crippen LogP contribution < -0.4 is 4.90 Å². The maximum Gasteiger partial charge on any atom is 0.227 e. The second-order valence-electron chi connectivity index (χ2n) is 7.24. The fraction of sp³-hybridized carbons (Fsp3) is 0.556. The first kappa shape index (κ1) is 16.1. The zero-order valence-corrected chi connectivity index (χ0v) is 14.9. The minimum Gasteiger partial charge on any atom is -0.361 e. The van der Waals surface area contributed by atoms with Crippen LogP contribution in [-0.4, -0.2) is 52.3 Å². The predicted molar refractivity (Wildman–Crippen MR) is 92.2 cm³/mol. The zero-order valence-electron chi connectivity index (χ0n) is 14.9. The largest absolute Gasteiger partial charge is 0.361 e. The van der Waals surface area contributed by atoms with Gasteiger partial charge in [0, 0.05) is 43.6 Å². The zero-order chi connectivity index (χ0) is 17.6. The summed E-state index contributed by atoms with van der Waals surface area (Å²) in [4.78, 5) is 16.9. The average Bonchev–Trinajstić information content (AvgIpc) is 3.24. The number of nitrogens with zero attached hydrogens (tertiary/aromatic N) is 5. The van der Waals surface area contributed by atoms with Crippen LogP contribution in [0.1, 0.15) is 22.7 Å². The van der Waals surface area contributed by atoms with Gasteiger partial charge in [0.1, 0.15) is 5.76 Å². The molecule has 2 fully saturated rings. The van der Waals surface area contributed by atoms with E-state index in [2.05, 4.69) is 20.3 Å². The molecule has 7 heteroatoms. The SMILES string of the molecule is Cc1ccc(N2CC3CN(C(=O)Cc4c(C)noc4C)CC3C2)nn1. The molecular weight excluding hydrogens is 318 g/mol. The summed E-state index contributed by atoms with van der Waals surface area (Å²) >= 11 is 0. The highest BCUT2D eigenvalue weighted by atomic mass is 16.5. The van der Waals surface area contributed by atoms with Crippen LogP contribution in [0.5, 0.6) is 0 Å². The van der Waals surface area contributed by atoms with Gasteiger partial charge >= 0.3 is 0 Å². The monoisotopic (exact) mass is 341 g/mol. The van der Waals surface area contributed by atoms with E-state index in [4.69, 9.17) is 4.52 Å². The molecule has 2 aliphatic rings. The Morgan fingerprint density at radius 3 is 2.40 bits per heavy atom. The number of aryl methyl sites for hydroxylation is 3. The molecule has 0 N–H and O–H groups in total. The van der Waals surface area contributed by atoms with Crippen molar-refractivity contribution in [2.24, 2.45) is 11.8 Å². The summed E-state index contributed by atoms with van der Waals surface area (Å²) in [6, 6.07) is 4.03. The number of likely N-dealkylation sites (tertiary alicyclic amines) is 1. The number of rotatable bonds is 3. The molecular formula is C18H23N5O2. The molecule has 132 valence electrons.